The zero-order valence-corrected chi connectivity index (χ0v) is 17.9. The van der Waals surface area contributed by atoms with Crippen molar-refractivity contribution < 1.29 is 0 Å². The summed E-state index contributed by atoms with van der Waals surface area (Å²) in [7, 11) is 0. The van der Waals surface area contributed by atoms with Gasteiger partial charge in [-0.25, -0.2) is 5.43 Å². The smallest absolute Gasteiger partial charge is 0.265 e. The third kappa shape index (κ3) is 4.45. The van der Waals surface area contributed by atoms with Crippen LogP contribution in [0.25, 0.3) is 22.1 Å². The van der Waals surface area contributed by atoms with Crippen LogP contribution in [-0.2, 0) is 6.54 Å². The van der Waals surface area contributed by atoms with Gasteiger partial charge in [-0.15, -0.1) is 10.2 Å². The molecular weight excluding hydrogens is 428 g/mol. The summed E-state index contributed by atoms with van der Waals surface area (Å²) in [4.78, 5) is 4.72. The van der Waals surface area contributed by atoms with Gasteiger partial charge in [-0.05, 0) is 30.2 Å². The summed E-state index contributed by atoms with van der Waals surface area (Å²) in [5.74, 6) is 0.390. The van der Waals surface area contributed by atoms with Gasteiger partial charge in [0.25, 0.3) is 5.95 Å². The van der Waals surface area contributed by atoms with E-state index in [0.29, 0.717) is 5.95 Å². The number of rotatable bonds is 8. The van der Waals surface area contributed by atoms with E-state index in [1.165, 1.54) is 19.3 Å². The van der Waals surface area contributed by atoms with Gasteiger partial charge >= 0.3 is 0 Å². The van der Waals surface area contributed by atoms with E-state index in [0.717, 1.165) is 45.1 Å². The number of anilines is 1. The number of aromatic nitrogens is 4. The van der Waals surface area contributed by atoms with Crippen LogP contribution < -0.4 is 5.43 Å². The van der Waals surface area contributed by atoms with E-state index in [9.17, 15) is 0 Å². The lowest BCUT2D eigenvalue weighted by Gasteiger charge is -2.06. The first-order chi connectivity index (χ1) is 14.3. The minimum absolute atomic E-state index is 0.390. The summed E-state index contributed by atoms with van der Waals surface area (Å²) in [6.07, 6.45) is 6.54. The average Bonchev–Trinajstić information content (AvgIpc) is 3.04. The summed E-state index contributed by atoms with van der Waals surface area (Å²) in [5.41, 5.74) is 6.71. The predicted octanol–water partition coefficient (Wildman–Crippen LogP) is 5.77. The van der Waals surface area contributed by atoms with E-state index in [4.69, 9.17) is 4.98 Å². The lowest BCUT2D eigenvalue weighted by molar-refractivity contribution is 0.600. The number of unbranched alkanes of at least 4 members (excludes halogenated alkanes) is 3. The Morgan fingerprint density at radius 1 is 1.07 bits per heavy atom. The third-order valence-electron chi connectivity index (χ3n) is 4.84. The Labute approximate surface area is 178 Å². The number of para-hydroxylation sites is 1. The Bertz CT molecular complexity index is 1150. The highest BCUT2D eigenvalue weighted by atomic mass is 79.9. The van der Waals surface area contributed by atoms with Crippen molar-refractivity contribution >= 4 is 50.2 Å². The predicted molar refractivity (Wildman–Crippen MR) is 122 cm³/mol. The molecule has 0 spiro atoms. The molecule has 1 N–H and O–H groups in total. The SMILES string of the molecule is CCCCCCn1c2ccccc2c2nnc(N/N=C/c3cccc(Br)c3)nc21. The minimum Gasteiger partial charge on any atom is -0.324 e. The summed E-state index contributed by atoms with van der Waals surface area (Å²) < 4.78 is 3.26. The molecule has 0 fully saturated rings. The summed E-state index contributed by atoms with van der Waals surface area (Å²) >= 11 is 3.46. The van der Waals surface area contributed by atoms with Crippen LogP contribution in [0.3, 0.4) is 0 Å². The molecule has 0 aliphatic heterocycles. The highest BCUT2D eigenvalue weighted by molar-refractivity contribution is 9.10. The van der Waals surface area contributed by atoms with Crippen LogP contribution in [0.2, 0.25) is 0 Å². The first kappa shape index (κ1) is 19.5. The van der Waals surface area contributed by atoms with Gasteiger partial charge in [-0.2, -0.15) is 10.1 Å². The molecule has 29 heavy (non-hydrogen) atoms. The Morgan fingerprint density at radius 2 is 1.97 bits per heavy atom. The van der Waals surface area contributed by atoms with Crippen molar-refractivity contribution in [3.63, 3.8) is 0 Å². The highest BCUT2D eigenvalue weighted by Gasteiger charge is 2.14. The van der Waals surface area contributed by atoms with E-state index in [-0.39, 0.29) is 0 Å². The normalized spacial score (nSPS) is 11.7. The van der Waals surface area contributed by atoms with Crippen molar-refractivity contribution in [2.24, 2.45) is 5.10 Å². The monoisotopic (exact) mass is 450 g/mol. The maximum Gasteiger partial charge on any atom is 0.265 e. The van der Waals surface area contributed by atoms with Crippen molar-refractivity contribution in [1.82, 2.24) is 19.7 Å². The van der Waals surface area contributed by atoms with Crippen LogP contribution in [0.1, 0.15) is 38.2 Å². The molecule has 2 aromatic heterocycles. The molecule has 7 heteroatoms. The largest absolute Gasteiger partial charge is 0.324 e. The number of hydrogen-bond acceptors (Lipinski definition) is 5. The number of benzene rings is 2. The van der Waals surface area contributed by atoms with Crippen LogP contribution in [0.5, 0.6) is 0 Å². The van der Waals surface area contributed by atoms with Crippen molar-refractivity contribution in [1.29, 1.82) is 0 Å². The molecule has 0 radical (unpaired) electrons. The molecule has 6 nitrogen and oxygen atoms in total. The second kappa shape index (κ2) is 9.13. The molecule has 0 aliphatic carbocycles. The molecule has 148 valence electrons. The second-order valence-corrected chi connectivity index (χ2v) is 7.88. The van der Waals surface area contributed by atoms with Gasteiger partial charge in [-0.3, -0.25) is 0 Å². The molecule has 0 unspecified atom stereocenters. The molecule has 0 atom stereocenters. The van der Waals surface area contributed by atoms with E-state index >= 15 is 0 Å². The maximum atomic E-state index is 4.72. The first-order valence-electron chi connectivity index (χ1n) is 9.92. The van der Waals surface area contributed by atoms with E-state index in [2.05, 4.69) is 66.3 Å². The number of nitrogens with zero attached hydrogens (tertiary/aromatic N) is 5. The van der Waals surface area contributed by atoms with Crippen LogP contribution in [0.15, 0.2) is 58.1 Å². The van der Waals surface area contributed by atoms with Crippen LogP contribution in [0, 0.1) is 0 Å². The fraction of sp³-hybridized carbons (Fsp3) is 0.273. The third-order valence-corrected chi connectivity index (χ3v) is 5.33. The van der Waals surface area contributed by atoms with Gasteiger partial charge in [0.1, 0.15) is 5.52 Å². The van der Waals surface area contributed by atoms with Gasteiger partial charge in [0.15, 0.2) is 5.65 Å². The standard InChI is InChI=1S/C22H23BrN6/c1-2-3-4-7-13-29-19-12-6-5-11-18(19)20-21(29)25-22(28-26-20)27-24-15-16-9-8-10-17(23)14-16/h5-6,8-12,14-15H,2-4,7,13H2,1H3,(H,25,27,28)/b24-15+. The van der Waals surface area contributed by atoms with Gasteiger partial charge in [0.05, 0.1) is 11.7 Å². The van der Waals surface area contributed by atoms with E-state index in [1.54, 1.807) is 6.21 Å². The Morgan fingerprint density at radius 3 is 2.83 bits per heavy atom. The maximum absolute atomic E-state index is 4.72. The molecule has 2 heterocycles. The van der Waals surface area contributed by atoms with Crippen LogP contribution >= 0.6 is 15.9 Å². The summed E-state index contributed by atoms with van der Waals surface area (Å²) in [6.45, 7) is 3.15. The van der Waals surface area contributed by atoms with Gasteiger partial charge < -0.3 is 4.57 Å². The molecule has 4 rings (SSSR count). The van der Waals surface area contributed by atoms with Gasteiger partial charge in [0, 0.05) is 16.4 Å². The number of hydrazone groups is 1. The van der Waals surface area contributed by atoms with Gasteiger partial charge in [0.2, 0.25) is 0 Å². The van der Waals surface area contributed by atoms with Crippen molar-refractivity contribution in [2.45, 2.75) is 39.2 Å². The van der Waals surface area contributed by atoms with Gasteiger partial charge in [-0.1, -0.05) is 72.4 Å². The number of hydrogen-bond donors (Lipinski definition) is 1. The minimum atomic E-state index is 0.390. The lowest BCUT2D eigenvalue weighted by atomic mass is 10.2. The van der Waals surface area contributed by atoms with E-state index < -0.39 is 0 Å². The second-order valence-electron chi connectivity index (χ2n) is 6.96. The molecule has 0 amide bonds. The summed E-state index contributed by atoms with van der Waals surface area (Å²) in [5, 5.41) is 14.0. The Kier molecular flexibility index (Phi) is 6.14. The molecule has 4 aromatic rings. The Balaban J connectivity index is 1.62. The summed E-state index contributed by atoms with van der Waals surface area (Å²) in [6, 6.07) is 16.2. The molecule has 0 saturated carbocycles. The van der Waals surface area contributed by atoms with Crippen LogP contribution in [0.4, 0.5) is 5.95 Å². The molecule has 0 saturated heterocycles. The van der Waals surface area contributed by atoms with Crippen molar-refractivity contribution in [3.8, 4) is 0 Å². The molecule has 0 bridgehead atoms. The number of halogens is 1. The zero-order chi connectivity index (χ0) is 20.1. The molecular formula is C22H23BrN6. The highest BCUT2D eigenvalue weighted by Crippen LogP contribution is 2.26. The number of nitrogens with one attached hydrogen (secondary N) is 1. The Hall–Kier alpha value is -2.80. The fourth-order valence-electron chi connectivity index (χ4n) is 3.43. The van der Waals surface area contributed by atoms with E-state index in [1.807, 2.05) is 30.3 Å². The topological polar surface area (TPSA) is 68.0 Å². The average molecular weight is 451 g/mol. The fourth-order valence-corrected chi connectivity index (χ4v) is 3.84. The quantitative estimate of drug-likeness (QED) is 0.210. The number of fused-ring (bicyclic) bond motifs is 3. The van der Waals surface area contributed by atoms with Crippen LogP contribution in [-0.4, -0.2) is 26.0 Å². The molecule has 2 aromatic carbocycles. The lowest BCUT2D eigenvalue weighted by Crippen LogP contribution is -2.03. The number of aryl methyl sites for hydroxylation is 1. The first-order valence-corrected chi connectivity index (χ1v) is 10.7. The van der Waals surface area contributed by atoms with Crippen molar-refractivity contribution in [3.05, 3.63) is 58.6 Å². The molecule has 0 aliphatic rings. The zero-order valence-electron chi connectivity index (χ0n) is 16.3. The van der Waals surface area contributed by atoms with Crippen molar-refractivity contribution in [2.75, 3.05) is 5.43 Å².